The molecule has 1 aromatic rings. The van der Waals surface area contributed by atoms with Crippen LogP contribution in [0.2, 0.25) is 0 Å². The molecule has 22 heavy (non-hydrogen) atoms. The molecule has 2 saturated heterocycles. The summed E-state index contributed by atoms with van der Waals surface area (Å²) in [5, 5.41) is 0. The van der Waals surface area contributed by atoms with Gasteiger partial charge in [-0.1, -0.05) is 6.92 Å². The molecule has 0 N–H and O–H groups in total. The second kappa shape index (κ2) is 5.18. The van der Waals surface area contributed by atoms with E-state index in [4.69, 9.17) is 18.8 Å². The van der Waals surface area contributed by atoms with Gasteiger partial charge in [0.1, 0.15) is 6.61 Å². The van der Waals surface area contributed by atoms with Crippen LogP contribution in [-0.2, 0) is 14.0 Å². The topological polar surface area (TPSA) is 62.7 Å². The maximum absolute atomic E-state index is 5.97. The summed E-state index contributed by atoms with van der Waals surface area (Å²) in [6.07, 6.45) is 3.40. The molecule has 3 rings (SSSR count). The van der Waals surface area contributed by atoms with Crippen molar-refractivity contribution in [2.75, 3.05) is 19.8 Å². The number of hydrogen-bond donors (Lipinski definition) is 0. The molecule has 0 radical (unpaired) electrons. The van der Waals surface area contributed by atoms with Crippen molar-refractivity contribution in [3.05, 3.63) is 12.4 Å². The highest BCUT2D eigenvalue weighted by Gasteiger charge is 2.52. The molecule has 0 aromatic carbocycles. The van der Waals surface area contributed by atoms with Gasteiger partial charge in [0, 0.05) is 23.3 Å². The van der Waals surface area contributed by atoms with Crippen LogP contribution in [0.5, 0.6) is 6.01 Å². The van der Waals surface area contributed by atoms with Crippen LogP contribution >= 0.6 is 0 Å². The van der Waals surface area contributed by atoms with Crippen LogP contribution in [0.3, 0.4) is 0 Å². The predicted octanol–water partition coefficient (Wildman–Crippen LogP) is 1.19. The van der Waals surface area contributed by atoms with Gasteiger partial charge in [-0.3, -0.25) is 0 Å². The van der Waals surface area contributed by atoms with Gasteiger partial charge in [-0.2, -0.15) is 0 Å². The van der Waals surface area contributed by atoms with Crippen molar-refractivity contribution in [2.24, 2.45) is 5.41 Å². The normalized spacial score (nSPS) is 24.9. The molecular weight excluding hydrogens is 283 g/mol. The Labute approximate surface area is 131 Å². The minimum absolute atomic E-state index is 0.0771. The monoisotopic (exact) mass is 306 g/mol. The van der Waals surface area contributed by atoms with Gasteiger partial charge in [-0.25, -0.2) is 9.97 Å². The Morgan fingerprint density at radius 1 is 1.05 bits per heavy atom. The molecule has 120 valence electrons. The minimum Gasteiger partial charge on any atom is -0.463 e. The quantitative estimate of drug-likeness (QED) is 0.779. The molecule has 0 saturated carbocycles. The van der Waals surface area contributed by atoms with Gasteiger partial charge in [0.25, 0.3) is 0 Å². The number of nitrogens with zero attached hydrogens (tertiary/aromatic N) is 2. The van der Waals surface area contributed by atoms with Crippen LogP contribution in [0.15, 0.2) is 12.4 Å². The third kappa shape index (κ3) is 2.85. The smallest absolute Gasteiger partial charge is 0.463 e. The predicted molar refractivity (Wildman–Crippen MR) is 82.2 cm³/mol. The standard InChI is InChI=1S/C15H23BN2O4/c1-13(2)14(3,4)22-16(21-13)11-6-17-12(18-7-11)20-10-15(5)8-19-9-15/h6-7H,8-10H2,1-5H3. The lowest BCUT2D eigenvalue weighted by Gasteiger charge is -2.37. The molecule has 6 nitrogen and oxygen atoms in total. The van der Waals surface area contributed by atoms with E-state index in [-0.39, 0.29) is 16.6 Å². The maximum atomic E-state index is 5.97. The van der Waals surface area contributed by atoms with E-state index in [9.17, 15) is 0 Å². The molecule has 0 unspecified atom stereocenters. The SMILES string of the molecule is CC1(COc2ncc(B3OC(C)(C)C(C)(C)O3)cn2)COC1. The minimum atomic E-state index is -0.448. The molecule has 7 heteroatoms. The zero-order valence-electron chi connectivity index (χ0n) is 13.9. The lowest BCUT2D eigenvalue weighted by atomic mass is 9.81. The van der Waals surface area contributed by atoms with E-state index in [1.54, 1.807) is 12.4 Å². The first-order valence-corrected chi connectivity index (χ1v) is 7.59. The van der Waals surface area contributed by atoms with Crippen molar-refractivity contribution in [3.8, 4) is 6.01 Å². The summed E-state index contributed by atoms with van der Waals surface area (Å²) in [7, 11) is -0.448. The van der Waals surface area contributed by atoms with Crippen LogP contribution < -0.4 is 10.2 Å². The van der Waals surface area contributed by atoms with Crippen molar-refractivity contribution < 1.29 is 18.8 Å². The Bertz CT molecular complexity index is 527. The summed E-state index contributed by atoms with van der Waals surface area (Å²) in [4.78, 5) is 8.49. The molecule has 3 heterocycles. The third-order valence-electron chi connectivity index (χ3n) is 4.62. The molecule has 2 fully saturated rings. The zero-order chi connectivity index (χ0) is 16.0. The number of rotatable bonds is 4. The lowest BCUT2D eigenvalue weighted by Crippen LogP contribution is -2.44. The van der Waals surface area contributed by atoms with E-state index < -0.39 is 7.12 Å². The molecule has 0 amide bonds. The Morgan fingerprint density at radius 3 is 2.05 bits per heavy atom. The Morgan fingerprint density at radius 2 is 1.59 bits per heavy atom. The fourth-order valence-electron chi connectivity index (χ4n) is 2.27. The maximum Gasteiger partial charge on any atom is 0.498 e. The van der Waals surface area contributed by atoms with Crippen molar-refractivity contribution in [1.29, 1.82) is 0 Å². The Kier molecular flexibility index (Phi) is 3.70. The van der Waals surface area contributed by atoms with Gasteiger partial charge < -0.3 is 18.8 Å². The second-order valence-corrected chi connectivity index (χ2v) is 7.48. The molecule has 2 aliphatic heterocycles. The van der Waals surface area contributed by atoms with Crippen molar-refractivity contribution in [3.63, 3.8) is 0 Å². The van der Waals surface area contributed by atoms with E-state index in [0.29, 0.717) is 12.6 Å². The molecule has 2 aliphatic rings. The van der Waals surface area contributed by atoms with Gasteiger partial charge >= 0.3 is 13.1 Å². The fourth-order valence-corrected chi connectivity index (χ4v) is 2.27. The van der Waals surface area contributed by atoms with Gasteiger partial charge in [0.15, 0.2) is 0 Å². The molecule has 0 atom stereocenters. The average molecular weight is 306 g/mol. The first-order chi connectivity index (χ1) is 10.2. The highest BCUT2D eigenvalue weighted by molar-refractivity contribution is 6.61. The first-order valence-electron chi connectivity index (χ1n) is 7.59. The number of ether oxygens (including phenoxy) is 2. The fraction of sp³-hybridized carbons (Fsp3) is 0.733. The van der Waals surface area contributed by atoms with E-state index in [1.807, 2.05) is 27.7 Å². The van der Waals surface area contributed by atoms with Crippen LogP contribution in [0, 0.1) is 5.41 Å². The van der Waals surface area contributed by atoms with Crippen molar-refractivity contribution in [1.82, 2.24) is 9.97 Å². The largest absolute Gasteiger partial charge is 0.498 e. The number of aromatic nitrogens is 2. The Balaban J connectivity index is 1.62. The summed E-state index contributed by atoms with van der Waals surface area (Å²) in [5.41, 5.74) is 0.134. The first kappa shape index (κ1) is 15.7. The van der Waals surface area contributed by atoms with E-state index in [1.165, 1.54) is 0 Å². The summed E-state index contributed by atoms with van der Waals surface area (Å²) in [5.74, 6) is 0. The summed E-state index contributed by atoms with van der Waals surface area (Å²) >= 11 is 0. The van der Waals surface area contributed by atoms with E-state index in [0.717, 1.165) is 18.7 Å². The van der Waals surface area contributed by atoms with Gasteiger partial charge in [-0.05, 0) is 27.7 Å². The van der Waals surface area contributed by atoms with Gasteiger partial charge in [0.2, 0.25) is 0 Å². The van der Waals surface area contributed by atoms with Gasteiger partial charge in [-0.15, -0.1) is 0 Å². The molecular formula is C15H23BN2O4. The zero-order valence-corrected chi connectivity index (χ0v) is 13.9. The molecule has 0 aliphatic carbocycles. The van der Waals surface area contributed by atoms with E-state index >= 15 is 0 Å². The summed E-state index contributed by atoms with van der Waals surface area (Å²) < 4.78 is 22.8. The van der Waals surface area contributed by atoms with Crippen LogP contribution in [0.1, 0.15) is 34.6 Å². The lowest BCUT2D eigenvalue weighted by molar-refractivity contribution is -0.121. The van der Waals surface area contributed by atoms with E-state index in [2.05, 4.69) is 16.9 Å². The van der Waals surface area contributed by atoms with Crippen molar-refractivity contribution >= 4 is 12.6 Å². The molecule has 0 spiro atoms. The molecule has 0 bridgehead atoms. The summed E-state index contributed by atoms with van der Waals surface area (Å²) in [6.45, 7) is 12.2. The highest BCUT2D eigenvalue weighted by Crippen LogP contribution is 2.36. The van der Waals surface area contributed by atoms with Crippen molar-refractivity contribution in [2.45, 2.75) is 45.8 Å². The number of hydrogen-bond acceptors (Lipinski definition) is 6. The molecule has 1 aromatic heterocycles. The van der Waals surface area contributed by atoms with Crippen LogP contribution in [0.4, 0.5) is 0 Å². The Hall–Kier alpha value is -1.18. The van der Waals surface area contributed by atoms with Crippen LogP contribution in [-0.4, -0.2) is 48.1 Å². The van der Waals surface area contributed by atoms with Crippen LogP contribution in [0.25, 0.3) is 0 Å². The highest BCUT2D eigenvalue weighted by atomic mass is 16.7. The van der Waals surface area contributed by atoms with Gasteiger partial charge in [0.05, 0.1) is 24.4 Å². The third-order valence-corrected chi connectivity index (χ3v) is 4.62. The second-order valence-electron chi connectivity index (χ2n) is 7.48. The summed E-state index contributed by atoms with van der Waals surface area (Å²) in [6, 6.07) is 0.369. The average Bonchev–Trinajstić information content (AvgIpc) is 2.64.